The van der Waals surface area contributed by atoms with Crippen molar-refractivity contribution in [2.45, 2.75) is 4.21 Å². The fraction of sp³-hybridized carbons (Fsp3) is 0.167. The van der Waals surface area contributed by atoms with E-state index in [1.54, 1.807) is 6.20 Å². The number of pyridine rings is 1. The molecule has 0 aliphatic carbocycles. The van der Waals surface area contributed by atoms with E-state index in [2.05, 4.69) is 20.3 Å². The smallest absolute Gasteiger partial charge is 0.186 e. The molecule has 0 bridgehead atoms. The van der Waals surface area contributed by atoms with E-state index in [9.17, 15) is 8.42 Å². The molecule has 0 saturated carbocycles. The molecule has 0 aromatic carbocycles. The number of nitrogens with one attached hydrogen (secondary N) is 2. The Morgan fingerprint density at radius 2 is 2.10 bits per heavy atom. The van der Waals surface area contributed by atoms with Gasteiger partial charge >= 0.3 is 0 Å². The van der Waals surface area contributed by atoms with Crippen molar-refractivity contribution >= 4 is 37.9 Å². The van der Waals surface area contributed by atoms with Crippen LogP contribution < -0.4 is 5.32 Å². The SMILES string of the molecule is CNc1c(-c2ncc(S(C)(=O)=O)s2)cnc2[nH]ccc12. The van der Waals surface area contributed by atoms with Gasteiger partial charge in [-0.2, -0.15) is 0 Å². The van der Waals surface area contributed by atoms with E-state index in [4.69, 9.17) is 0 Å². The van der Waals surface area contributed by atoms with Crippen LogP contribution in [0.4, 0.5) is 5.69 Å². The number of hydrogen-bond donors (Lipinski definition) is 2. The third-order valence-electron chi connectivity index (χ3n) is 2.92. The zero-order valence-corrected chi connectivity index (χ0v) is 12.5. The van der Waals surface area contributed by atoms with Crippen LogP contribution in [0, 0.1) is 0 Å². The summed E-state index contributed by atoms with van der Waals surface area (Å²) in [7, 11) is -1.42. The third kappa shape index (κ3) is 2.06. The standard InChI is InChI=1S/C12H12N4O2S2/c1-13-10-7-3-4-14-11(7)15-5-8(10)12-16-6-9(19-12)20(2,17)18/h3-6H,1-2H3,(H2,13,14,15). The number of H-pyrrole nitrogens is 1. The second-order valence-electron chi connectivity index (χ2n) is 4.29. The zero-order valence-electron chi connectivity index (χ0n) is 10.8. The van der Waals surface area contributed by atoms with Gasteiger partial charge in [0, 0.05) is 31.1 Å². The maximum atomic E-state index is 11.5. The van der Waals surface area contributed by atoms with Crippen LogP contribution in [0.1, 0.15) is 0 Å². The predicted octanol–water partition coefficient (Wildman–Crippen LogP) is 2.13. The Morgan fingerprint density at radius 1 is 1.30 bits per heavy atom. The number of aromatic amines is 1. The van der Waals surface area contributed by atoms with E-state index in [1.165, 1.54) is 12.5 Å². The Bertz CT molecular complexity index is 880. The van der Waals surface area contributed by atoms with Gasteiger partial charge in [0.1, 0.15) is 14.9 Å². The van der Waals surface area contributed by atoms with Crippen molar-refractivity contribution in [2.75, 3.05) is 18.6 Å². The van der Waals surface area contributed by atoms with Gasteiger partial charge in [0.15, 0.2) is 9.84 Å². The lowest BCUT2D eigenvalue weighted by Crippen LogP contribution is -1.94. The van der Waals surface area contributed by atoms with E-state index in [1.807, 2.05) is 19.3 Å². The summed E-state index contributed by atoms with van der Waals surface area (Å²) in [5, 5.41) is 4.70. The monoisotopic (exact) mass is 308 g/mol. The van der Waals surface area contributed by atoms with Gasteiger partial charge in [-0.05, 0) is 6.07 Å². The van der Waals surface area contributed by atoms with E-state index < -0.39 is 9.84 Å². The highest BCUT2D eigenvalue weighted by Gasteiger charge is 2.17. The number of sulfone groups is 1. The summed E-state index contributed by atoms with van der Waals surface area (Å²) >= 11 is 1.14. The number of nitrogens with zero attached hydrogens (tertiary/aromatic N) is 2. The molecular weight excluding hydrogens is 296 g/mol. The molecule has 104 valence electrons. The first-order chi connectivity index (χ1) is 9.50. The van der Waals surface area contributed by atoms with E-state index >= 15 is 0 Å². The highest BCUT2D eigenvalue weighted by Crippen LogP contribution is 2.36. The van der Waals surface area contributed by atoms with E-state index in [-0.39, 0.29) is 4.21 Å². The quantitative estimate of drug-likeness (QED) is 0.774. The fourth-order valence-corrected chi connectivity index (χ4v) is 3.75. The summed E-state index contributed by atoms with van der Waals surface area (Å²) in [4.78, 5) is 11.6. The Morgan fingerprint density at radius 3 is 2.75 bits per heavy atom. The molecule has 2 N–H and O–H groups in total. The molecule has 6 nitrogen and oxygen atoms in total. The first-order valence-electron chi connectivity index (χ1n) is 5.81. The molecule has 0 saturated heterocycles. The van der Waals surface area contributed by atoms with Crippen molar-refractivity contribution in [2.24, 2.45) is 0 Å². The highest BCUT2D eigenvalue weighted by molar-refractivity contribution is 7.92. The molecule has 0 aliphatic rings. The van der Waals surface area contributed by atoms with Gasteiger partial charge < -0.3 is 10.3 Å². The van der Waals surface area contributed by atoms with Gasteiger partial charge in [-0.3, -0.25) is 0 Å². The molecule has 0 amide bonds. The van der Waals surface area contributed by atoms with Crippen LogP contribution in [0.5, 0.6) is 0 Å². The van der Waals surface area contributed by atoms with Gasteiger partial charge in [-0.15, -0.1) is 11.3 Å². The lowest BCUT2D eigenvalue weighted by Gasteiger charge is -2.07. The van der Waals surface area contributed by atoms with Crippen molar-refractivity contribution in [3.63, 3.8) is 0 Å². The van der Waals surface area contributed by atoms with Crippen LogP contribution in [-0.2, 0) is 9.84 Å². The number of thiazole rings is 1. The molecule has 3 heterocycles. The summed E-state index contributed by atoms with van der Waals surface area (Å²) in [6.07, 6.45) is 6.06. The van der Waals surface area contributed by atoms with Crippen molar-refractivity contribution in [1.29, 1.82) is 0 Å². The van der Waals surface area contributed by atoms with Gasteiger partial charge in [0.05, 0.1) is 17.4 Å². The lowest BCUT2D eigenvalue weighted by atomic mass is 10.2. The summed E-state index contributed by atoms with van der Waals surface area (Å²) < 4.78 is 23.3. The molecule has 0 aliphatic heterocycles. The first-order valence-corrected chi connectivity index (χ1v) is 8.51. The first kappa shape index (κ1) is 13.1. The maximum absolute atomic E-state index is 11.5. The van der Waals surface area contributed by atoms with Crippen LogP contribution in [-0.4, -0.2) is 36.7 Å². The van der Waals surface area contributed by atoms with Gasteiger partial charge in [-0.1, -0.05) is 0 Å². The Balaban J connectivity index is 2.21. The highest BCUT2D eigenvalue weighted by atomic mass is 32.2. The molecule has 8 heteroatoms. The van der Waals surface area contributed by atoms with E-state index in [0.717, 1.165) is 33.6 Å². The summed E-state index contributed by atoms with van der Waals surface area (Å²) in [6, 6.07) is 1.92. The molecule has 0 fully saturated rings. The second kappa shape index (κ2) is 4.57. The van der Waals surface area contributed by atoms with Gasteiger partial charge in [0.25, 0.3) is 0 Å². The van der Waals surface area contributed by atoms with Crippen LogP contribution in [0.2, 0.25) is 0 Å². The lowest BCUT2D eigenvalue weighted by molar-refractivity contribution is 0.603. The molecule has 0 radical (unpaired) electrons. The largest absolute Gasteiger partial charge is 0.387 e. The van der Waals surface area contributed by atoms with Gasteiger partial charge in [0.2, 0.25) is 0 Å². The van der Waals surface area contributed by atoms with Crippen LogP contribution in [0.25, 0.3) is 21.6 Å². The Kier molecular flexibility index (Phi) is 2.98. The number of anilines is 1. The van der Waals surface area contributed by atoms with Gasteiger partial charge in [-0.25, -0.2) is 18.4 Å². The fourth-order valence-electron chi connectivity index (χ4n) is 1.99. The minimum atomic E-state index is -3.23. The number of hydrogen-bond acceptors (Lipinski definition) is 6. The zero-order chi connectivity index (χ0) is 14.3. The molecule has 3 rings (SSSR count). The third-order valence-corrected chi connectivity index (χ3v) is 5.74. The van der Waals surface area contributed by atoms with Crippen LogP contribution in [0.3, 0.4) is 0 Å². The van der Waals surface area contributed by atoms with Crippen molar-refractivity contribution in [1.82, 2.24) is 15.0 Å². The Hall–Kier alpha value is -1.93. The van der Waals surface area contributed by atoms with E-state index in [0.29, 0.717) is 5.01 Å². The van der Waals surface area contributed by atoms with Crippen LogP contribution >= 0.6 is 11.3 Å². The predicted molar refractivity (Wildman–Crippen MR) is 79.9 cm³/mol. The molecule has 3 aromatic heterocycles. The van der Waals surface area contributed by atoms with Crippen molar-refractivity contribution in [3.8, 4) is 10.6 Å². The van der Waals surface area contributed by atoms with Crippen molar-refractivity contribution < 1.29 is 8.42 Å². The average Bonchev–Trinajstić information content (AvgIpc) is 3.05. The molecule has 20 heavy (non-hydrogen) atoms. The maximum Gasteiger partial charge on any atom is 0.186 e. The number of rotatable bonds is 3. The minimum Gasteiger partial charge on any atom is -0.387 e. The minimum absolute atomic E-state index is 0.253. The second-order valence-corrected chi connectivity index (χ2v) is 7.57. The van der Waals surface area contributed by atoms with Crippen LogP contribution in [0.15, 0.2) is 28.9 Å². The molecule has 0 atom stereocenters. The normalized spacial score (nSPS) is 11.9. The summed E-state index contributed by atoms with van der Waals surface area (Å²) in [5.41, 5.74) is 2.45. The number of aromatic nitrogens is 3. The molecule has 0 spiro atoms. The summed E-state index contributed by atoms with van der Waals surface area (Å²) in [6.45, 7) is 0. The molecular formula is C12H12N4O2S2. The molecule has 3 aromatic rings. The Labute approximate surface area is 119 Å². The molecule has 0 unspecified atom stereocenters. The summed E-state index contributed by atoms with van der Waals surface area (Å²) in [5.74, 6) is 0. The topological polar surface area (TPSA) is 87.7 Å². The van der Waals surface area contributed by atoms with Crippen molar-refractivity contribution in [3.05, 3.63) is 24.7 Å². The number of fused-ring (bicyclic) bond motifs is 1. The average molecular weight is 308 g/mol.